The van der Waals surface area contributed by atoms with E-state index in [-0.39, 0.29) is 6.10 Å². The molecule has 0 atom stereocenters. The number of hydrogen-bond acceptors (Lipinski definition) is 5. The number of nitrogens with zero attached hydrogens (tertiary/aromatic N) is 2. The van der Waals surface area contributed by atoms with Crippen LogP contribution in [0.5, 0.6) is 5.06 Å². The largest absolute Gasteiger partial charge is 0.481 e. The minimum atomic E-state index is -3.48. The minimum Gasteiger partial charge on any atom is -0.481 e. The lowest BCUT2D eigenvalue weighted by Crippen LogP contribution is -2.41. The van der Waals surface area contributed by atoms with Gasteiger partial charge in [-0.05, 0) is 63.3 Å². The van der Waals surface area contributed by atoms with Crippen LogP contribution in [0.25, 0.3) is 0 Å². The van der Waals surface area contributed by atoms with Crippen LogP contribution in [0.4, 0.5) is 0 Å². The van der Waals surface area contributed by atoms with Crippen LogP contribution < -0.4 is 4.74 Å². The summed E-state index contributed by atoms with van der Waals surface area (Å²) in [7, 11) is -3.48. The van der Waals surface area contributed by atoms with Crippen LogP contribution in [-0.4, -0.2) is 49.4 Å². The van der Waals surface area contributed by atoms with Crippen LogP contribution in [-0.2, 0) is 23.0 Å². The molecule has 0 saturated carbocycles. The molecule has 1 saturated heterocycles. The average molecular weight is 435 g/mol. The zero-order valence-electron chi connectivity index (χ0n) is 17.4. The van der Waals surface area contributed by atoms with E-state index in [1.807, 2.05) is 19.1 Å². The first-order valence-electron chi connectivity index (χ1n) is 10.4. The molecule has 0 radical (unpaired) electrons. The van der Waals surface area contributed by atoms with Gasteiger partial charge in [0.1, 0.15) is 6.10 Å². The Morgan fingerprint density at radius 1 is 1.14 bits per heavy atom. The van der Waals surface area contributed by atoms with Gasteiger partial charge in [0.2, 0.25) is 10.0 Å². The molecule has 5 nitrogen and oxygen atoms in total. The van der Waals surface area contributed by atoms with E-state index in [0.29, 0.717) is 24.0 Å². The van der Waals surface area contributed by atoms with Gasteiger partial charge in [-0.3, -0.25) is 0 Å². The summed E-state index contributed by atoms with van der Waals surface area (Å²) in [4.78, 5) is 4.16. The second kappa shape index (κ2) is 8.38. The van der Waals surface area contributed by atoms with Crippen molar-refractivity contribution >= 4 is 21.4 Å². The fourth-order valence-corrected chi connectivity index (χ4v) is 6.92. The number of sulfonamides is 1. The van der Waals surface area contributed by atoms with Crippen LogP contribution in [0.2, 0.25) is 0 Å². The quantitative estimate of drug-likeness (QED) is 0.712. The standard InChI is InChI=1S/C22H30N2O3S2/c1-16(2)23-11-8-19(9-12-23)27-22-14-18-15-24(13-10-20(18)28-22)29(25,26)21-7-5-4-6-17(21)3/h4-7,14,16,19H,8-13,15H2,1-3H3. The molecular weight excluding hydrogens is 404 g/mol. The zero-order valence-corrected chi connectivity index (χ0v) is 19.1. The van der Waals surface area contributed by atoms with Crippen molar-refractivity contribution in [3.63, 3.8) is 0 Å². The van der Waals surface area contributed by atoms with E-state index < -0.39 is 10.0 Å². The van der Waals surface area contributed by atoms with E-state index >= 15 is 0 Å². The summed E-state index contributed by atoms with van der Waals surface area (Å²) in [6.45, 7) is 9.44. The zero-order chi connectivity index (χ0) is 20.6. The number of benzene rings is 1. The molecule has 4 rings (SSSR count). The fraction of sp³-hybridized carbons (Fsp3) is 0.545. The summed E-state index contributed by atoms with van der Waals surface area (Å²) in [5, 5.41) is 0.938. The van der Waals surface area contributed by atoms with E-state index in [9.17, 15) is 8.42 Å². The number of piperidine rings is 1. The molecule has 2 aromatic rings. The second-order valence-electron chi connectivity index (χ2n) is 8.31. The van der Waals surface area contributed by atoms with Crippen molar-refractivity contribution in [1.29, 1.82) is 0 Å². The summed E-state index contributed by atoms with van der Waals surface area (Å²) in [5.41, 5.74) is 1.88. The molecular formula is C22H30N2O3S2. The Hall–Kier alpha value is -1.41. The Morgan fingerprint density at radius 3 is 2.55 bits per heavy atom. The third-order valence-electron chi connectivity index (χ3n) is 6.01. The summed E-state index contributed by atoms with van der Waals surface area (Å²) < 4.78 is 34.1. The van der Waals surface area contributed by atoms with Crippen LogP contribution in [0.1, 0.15) is 42.7 Å². The number of thiophene rings is 1. The summed E-state index contributed by atoms with van der Waals surface area (Å²) in [5.74, 6) is 0. The normalized spacial score (nSPS) is 19.4. The predicted octanol–water partition coefficient (Wildman–Crippen LogP) is 4.06. The van der Waals surface area contributed by atoms with Crippen molar-refractivity contribution in [3.8, 4) is 5.06 Å². The lowest BCUT2D eigenvalue weighted by molar-refractivity contribution is 0.0867. The van der Waals surface area contributed by atoms with E-state index in [1.54, 1.807) is 27.8 Å². The van der Waals surface area contributed by atoms with Crippen molar-refractivity contribution in [2.45, 2.75) is 63.6 Å². The number of fused-ring (bicyclic) bond motifs is 1. The predicted molar refractivity (Wildman–Crippen MR) is 117 cm³/mol. The molecule has 0 N–H and O–H groups in total. The third-order valence-corrected chi connectivity index (χ3v) is 9.14. The van der Waals surface area contributed by atoms with E-state index in [0.717, 1.165) is 48.5 Å². The highest BCUT2D eigenvalue weighted by Crippen LogP contribution is 2.36. The molecule has 158 valence electrons. The van der Waals surface area contributed by atoms with Gasteiger partial charge < -0.3 is 9.64 Å². The Bertz CT molecular complexity index is 960. The summed E-state index contributed by atoms with van der Waals surface area (Å²) >= 11 is 1.69. The highest BCUT2D eigenvalue weighted by Gasteiger charge is 2.31. The number of likely N-dealkylation sites (tertiary alicyclic amines) is 1. The van der Waals surface area contributed by atoms with E-state index in [2.05, 4.69) is 24.8 Å². The molecule has 7 heteroatoms. The van der Waals surface area contributed by atoms with Crippen molar-refractivity contribution < 1.29 is 13.2 Å². The highest BCUT2D eigenvalue weighted by molar-refractivity contribution is 7.89. The molecule has 0 unspecified atom stereocenters. The number of aryl methyl sites for hydroxylation is 1. The van der Waals surface area contributed by atoms with Gasteiger partial charge in [-0.1, -0.05) is 18.2 Å². The lowest BCUT2D eigenvalue weighted by atomic mass is 10.1. The van der Waals surface area contributed by atoms with Gasteiger partial charge in [0.05, 0.1) is 4.90 Å². The van der Waals surface area contributed by atoms with Gasteiger partial charge >= 0.3 is 0 Å². The van der Waals surface area contributed by atoms with Crippen LogP contribution >= 0.6 is 11.3 Å². The third kappa shape index (κ3) is 4.38. The first-order chi connectivity index (χ1) is 13.8. The van der Waals surface area contributed by atoms with Gasteiger partial charge in [-0.15, -0.1) is 11.3 Å². The topological polar surface area (TPSA) is 49.9 Å². The Balaban J connectivity index is 1.44. The molecule has 2 aliphatic rings. The summed E-state index contributed by atoms with van der Waals surface area (Å²) in [6, 6.07) is 9.86. The van der Waals surface area contributed by atoms with Crippen LogP contribution in [0.15, 0.2) is 35.2 Å². The number of ether oxygens (including phenoxy) is 1. The molecule has 29 heavy (non-hydrogen) atoms. The van der Waals surface area contributed by atoms with Crippen LogP contribution in [0, 0.1) is 6.92 Å². The van der Waals surface area contributed by atoms with Crippen molar-refractivity contribution in [3.05, 3.63) is 46.3 Å². The summed E-state index contributed by atoms with van der Waals surface area (Å²) in [6.07, 6.45) is 3.11. The molecule has 0 amide bonds. The average Bonchev–Trinajstić information content (AvgIpc) is 3.10. The first-order valence-corrected chi connectivity index (χ1v) is 12.7. The lowest BCUT2D eigenvalue weighted by Gasteiger charge is -2.34. The Kier molecular flexibility index (Phi) is 6.02. The first kappa shape index (κ1) is 20.8. The fourth-order valence-electron chi connectivity index (χ4n) is 4.20. The van der Waals surface area contributed by atoms with E-state index in [1.165, 1.54) is 4.88 Å². The smallest absolute Gasteiger partial charge is 0.243 e. The van der Waals surface area contributed by atoms with Gasteiger partial charge in [0.15, 0.2) is 5.06 Å². The monoisotopic (exact) mass is 434 g/mol. The number of rotatable bonds is 5. The Labute approximate surface area is 178 Å². The molecule has 1 aromatic carbocycles. The molecule has 1 fully saturated rings. The molecule has 0 spiro atoms. The number of hydrogen-bond donors (Lipinski definition) is 0. The molecule has 0 aliphatic carbocycles. The minimum absolute atomic E-state index is 0.261. The molecule has 1 aromatic heterocycles. The van der Waals surface area contributed by atoms with Gasteiger partial charge in [0.25, 0.3) is 0 Å². The maximum absolute atomic E-state index is 13.1. The van der Waals surface area contributed by atoms with Crippen molar-refractivity contribution in [2.75, 3.05) is 19.6 Å². The van der Waals surface area contributed by atoms with Crippen molar-refractivity contribution in [2.24, 2.45) is 0 Å². The second-order valence-corrected chi connectivity index (χ2v) is 11.3. The van der Waals surface area contributed by atoms with Gasteiger partial charge in [-0.2, -0.15) is 4.31 Å². The van der Waals surface area contributed by atoms with Crippen molar-refractivity contribution in [1.82, 2.24) is 9.21 Å². The molecule has 2 aliphatic heterocycles. The Morgan fingerprint density at radius 2 is 1.86 bits per heavy atom. The van der Waals surface area contributed by atoms with Crippen LogP contribution in [0.3, 0.4) is 0 Å². The maximum Gasteiger partial charge on any atom is 0.243 e. The van der Waals surface area contributed by atoms with Gasteiger partial charge in [0, 0.05) is 37.1 Å². The molecule has 3 heterocycles. The molecule has 0 bridgehead atoms. The SMILES string of the molecule is Cc1ccccc1S(=O)(=O)N1CCc2sc(OC3CCN(C(C)C)CC3)cc2C1. The maximum atomic E-state index is 13.1. The van der Waals surface area contributed by atoms with E-state index in [4.69, 9.17) is 4.74 Å². The highest BCUT2D eigenvalue weighted by atomic mass is 32.2. The van der Waals surface area contributed by atoms with Gasteiger partial charge in [-0.25, -0.2) is 8.42 Å².